The molecule has 2 amide bonds. The molecule has 0 bridgehead atoms. The van der Waals surface area contributed by atoms with E-state index in [-0.39, 0.29) is 23.9 Å². The van der Waals surface area contributed by atoms with Gasteiger partial charge in [-0.2, -0.15) is 0 Å². The minimum atomic E-state index is -0.543. The molecular formula is C13H22N2O2. The predicted molar refractivity (Wildman–Crippen MR) is 65.4 cm³/mol. The van der Waals surface area contributed by atoms with Crippen LogP contribution in [0.15, 0.2) is 0 Å². The van der Waals surface area contributed by atoms with Crippen LogP contribution in [0.3, 0.4) is 0 Å². The molecule has 0 radical (unpaired) electrons. The Morgan fingerprint density at radius 1 is 1.41 bits per heavy atom. The van der Waals surface area contributed by atoms with E-state index in [1.807, 2.05) is 11.8 Å². The Morgan fingerprint density at radius 2 is 2.00 bits per heavy atom. The Labute approximate surface area is 103 Å². The first kappa shape index (κ1) is 12.4. The van der Waals surface area contributed by atoms with Crippen molar-refractivity contribution in [1.29, 1.82) is 0 Å². The lowest BCUT2D eigenvalue weighted by atomic mass is 9.87. The standard InChI is InChI=1S/C13H22N2O2/c1-4-9(2)15-11(16)10(3)14-12(17)13(15)7-5-6-8-13/h9-10H,4-8H2,1-3H3,(H,14,17). The third-order valence-electron chi connectivity index (χ3n) is 4.30. The summed E-state index contributed by atoms with van der Waals surface area (Å²) in [5.41, 5.74) is -0.543. The van der Waals surface area contributed by atoms with Crippen molar-refractivity contribution < 1.29 is 9.59 Å². The molecule has 17 heavy (non-hydrogen) atoms. The number of hydrogen-bond donors (Lipinski definition) is 1. The molecule has 4 nitrogen and oxygen atoms in total. The highest BCUT2D eigenvalue weighted by molar-refractivity contribution is 6.00. The maximum absolute atomic E-state index is 12.3. The highest BCUT2D eigenvalue weighted by atomic mass is 16.2. The molecule has 2 atom stereocenters. The van der Waals surface area contributed by atoms with Crippen molar-refractivity contribution in [1.82, 2.24) is 10.2 Å². The molecule has 2 unspecified atom stereocenters. The topological polar surface area (TPSA) is 49.4 Å². The van der Waals surface area contributed by atoms with Crippen LogP contribution >= 0.6 is 0 Å². The van der Waals surface area contributed by atoms with Gasteiger partial charge < -0.3 is 10.2 Å². The van der Waals surface area contributed by atoms with Gasteiger partial charge in [-0.05, 0) is 33.1 Å². The summed E-state index contributed by atoms with van der Waals surface area (Å²) in [6, 6.07) is -0.225. The van der Waals surface area contributed by atoms with Crippen LogP contribution in [0.1, 0.15) is 52.9 Å². The van der Waals surface area contributed by atoms with Crippen LogP contribution in [0.25, 0.3) is 0 Å². The van der Waals surface area contributed by atoms with E-state index in [2.05, 4.69) is 12.2 Å². The molecule has 1 saturated carbocycles. The van der Waals surface area contributed by atoms with E-state index in [1.165, 1.54) is 0 Å². The van der Waals surface area contributed by atoms with Crippen LogP contribution in [0, 0.1) is 0 Å². The van der Waals surface area contributed by atoms with Crippen LogP contribution in [0.4, 0.5) is 0 Å². The minimum absolute atomic E-state index is 0.0578. The SMILES string of the molecule is CCC(C)N1C(=O)C(C)NC(=O)C12CCCC2. The van der Waals surface area contributed by atoms with Crippen molar-refractivity contribution in [2.45, 2.75) is 70.5 Å². The largest absolute Gasteiger partial charge is 0.343 e. The summed E-state index contributed by atoms with van der Waals surface area (Å²) in [6.45, 7) is 5.89. The summed E-state index contributed by atoms with van der Waals surface area (Å²) in [4.78, 5) is 26.5. The van der Waals surface area contributed by atoms with E-state index in [1.54, 1.807) is 6.92 Å². The van der Waals surface area contributed by atoms with E-state index < -0.39 is 5.54 Å². The molecule has 1 heterocycles. The maximum atomic E-state index is 12.3. The van der Waals surface area contributed by atoms with Crippen molar-refractivity contribution >= 4 is 11.8 Å². The number of hydrogen-bond acceptors (Lipinski definition) is 2. The Balaban J connectivity index is 2.38. The molecule has 0 aromatic carbocycles. The number of amides is 2. The molecule has 96 valence electrons. The van der Waals surface area contributed by atoms with Gasteiger partial charge in [0.15, 0.2) is 0 Å². The van der Waals surface area contributed by atoms with Crippen LogP contribution in [-0.2, 0) is 9.59 Å². The summed E-state index contributed by atoms with van der Waals surface area (Å²) in [5, 5.41) is 2.84. The average Bonchev–Trinajstić information content (AvgIpc) is 2.77. The Kier molecular flexibility index (Phi) is 3.15. The Morgan fingerprint density at radius 3 is 2.53 bits per heavy atom. The first-order valence-electron chi connectivity index (χ1n) is 6.67. The normalized spacial score (nSPS) is 29.6. The van der Waals surface area contributed by atoms with Gasteiger partial charge in [0.2, 0.25) is 11.8 Å². The monoisotopic (exact) mass is 238 g/mol. The lowest BCUT2D eigenvalue weighted by Gasteiger charge is -2.48. The summed E-state index contributed by atoms with van der Waals surface area (Å²) in [6.07, 6.45) is 4.63. The van der Waals surface area contributed by atoms with Crippen molar-refractivity contribution in [2.24, 2.45) is 0 Å². The van der Waals surface area contributed by atoms with Gasteiger partial charge in [0.25, 0.3) is 0 Å². The second-order valence-electron chi connectivity index (χ2n) is 5.40. The first-order chi connectivity index (χ1) is 8.03. The molecule has 0 aromatic heterocycles. The van der Waals surface area contributed by atoms with Gasteiger partial charge in [-0.15, -0.1) is 0 Å². The smallest absolute Gasteiger partial charge is 0.246 e. The van der Waals surface area contributed by atoms with Crippen LogP contribution in [-0.4, -0.2) is 34.3 Å². The fourth-order valence-corrected chi connectivity index (χ4v) is 3.17. The zero-order valence-electron chi connectivity index (χ0n) is 11.0. The fourth-order valence-electron chi connectivity index (χ4n) is 3.17. The predicted octanol–water partition coefficient (Wildman–Crippen LogP) is 1.44. The molecule has 0 aromatic rings. The lowest BCUT2D eigenvalue weighted by molar-refractivity contribution is -0.160. The van der Waals surface area contributed by atoms with Crippen molar-refractivity contribution in [3.63, 3.8) is 0 Å². The fraction of sp³-hybridized carbons (Fsp3) is 0.846. The first-order valence-corrected chi connectivity index (χ1v) is 6.67. The molecule has 2 rings (SSSR count). The van der Waals surface area contributed by atoms with Crippen LogP contribution in [0.5, 0.6) is 0 Å². The Bertz CT molecular complexity index is 334. The quantitative estimate of drug-likeness (QED) is 0.791. The van der Waals surface area contributed by atoms with Crippen molar-refractivity contribution in [3.05, 3.63) is 0 Å². The third kappa shape index (κ3) is 1.74. The molecular weight excluding hydrogens is 216 g/mol. The molecule has 2 fully saturated rings. The van der Waals surface area contributed by atoms with E-state index in [9.17, 15) is 9.59 Å². The lowest BCUT2D eigenvalue weighted by Crippen LogP contribution is -2.70. The van der Waals surface area contributed by atoms with E-state index >= 15 is 0 Å². The summed E-state index contributed by atoms with van der Waals surface area (Å²) >= 11 is 0. The second-order valence-corrected chi connectivity index (χ2v) is 5.40. The Hall–Kier alpha value is -1.06. The van der Waals surface area contributed by atoms with Gasteiger partial charge in [-0.1, -0.05) is 19.8 Å². The number of nitrogens with one attached hydrogen (secondary N) is 1. The van der Waals surface area contributed by atoms with Gasteiger partial charge in [-0.3, -0.25) is 9.59 Å². The number of nitrogens with zero attached hydrogens (tertiary/aromatic N) is 1. The maximum Gasteiger partial charge on any atom is 0.246 e. The molecule has 2 aliphatic rings. The number of piperazine rings is 1. The third-order valence-corrected chi connectivity index (χ3v) is 4.30. The zero-order chi connectivity index (χ0) is 12.6. The van der Waals surface area contributed by atoms with Gasteiger partial charge in [0.1, 0.15) is 11.6 Å². The van der Waals surface area contributed by atoms with Crippen LogP contribution < -0.4 is 5.32 Å². The van der Waals surface area contributed by atoms with Crippen LogP contribution in [0.2, 0.25) is 0 Å². The second kappa shape index (κ2) is 4.31. The zero-order valence-corrected chi connectivity index (χ0v) is 11.0. The molecule has 4 heteroatoms. The van der Waals surface area contributed by atoms with Gasteiger partial charge >= 0.3 is 0 Å². The molecule has 1 aliphatic carbocycles. The average molecular weight is 238 g/mol. The van der Waals surface area contributed by atoms with E-state index in [0.29, 0.717) is 0 Å². The van der Waals surface area contributed by atoms with Crippen molar-refractivity contribution in [2.75, 3.05) is 0 Å². The molecule has 1 saturated heterocycles. The molecule has 1 N–H and O–H groups in total. The highest BCUT2D eigenvalue weighted by Gasteiger charge is 2.53. The number of carbonyl (C=O) groups excluding carboxylic acids is 2. The van der Waals surface area contributed by atoms with E-state index in [0.717, 1.165) is 32.1 Å². The highest BCUT2D eigenvalue weighted by Crippen LogP contribution is 2.39. The number of rotatable bonds is 2. The van der Waals surface area contributed by atoms with Crippen molar-refractivity contribution in [3.8, 4) is 0 Å². The minimum Gasteiger partial charge on any atom is -0.343 e. The number of carbonyl (C=O) groups is 2. The summed E-state index contributed by atoms with van der Waals surface area (Å²) in [5.74, 6) is 0.142. The van der Waals surface area contributed by atoms with E-state index in [4.69, 9.17) is 0 Å². The van der Waals surface area contributed by atoms with Gasteiger partial charge in [0, 0.05) is 6.04 Å². The summed E-state index contributed by atoms with van der Waals surface area (Å²) in [7, 11) is 0. The summed E-state index contributed by atoms with van der Waals surface area (Å²) < 4.78 is 0. The molecule has 1 aliphatic heterocycles. The van der Waals surface area contributed by atoms with Gasteiger partial charge in [-0.25, -0.2) is 0 Å². The molecule has 1 spiro atoms. The van der Waals surface area contributed by atoms with Gasteiger partial charge in [0.05, 0.1) is 0 Å².